The highest BCUT2D eigenvalue weighted by Gasteiger charge is 2.06. The van der Waals surface area contributed by atoms with Crippen molar-refractivity contribution in [3.63, 3.8) is 0 Å². The first-order valence-electron chi connectivity index (χ1n) is 7.49. The highest BCUT2D eigenvalue weighted by Crippen LogP contribution is 2.22. The molecule has 0 heterocycles. The van der Waals surface area contributed by atoms with Gasteiger partial charge in [0.25, 0.3) is 0 Å². The minimum Gasteiger partial charge on any atom is -0.370 e. The maximum Gasteiger partial charge on any atom is 0.226 e. The van der Waals surface area contributed by atoms with Crippen LogP contribution in [0.4, 0.5) is 5.69 Å². The van der Waals surface area contributed by atoms with Crippen molar-refractivity contribution in [2.24, 2.45) is 16.6 Å². The maximum atomic E-state index is 11.9. The van der Waals surface area contributed by atoms with Gasteiger partial charge in [0.1, 0.15) is 0 Å². The van der Waals surface area contributed by atoms with Crippen molar-refractivity contribution in [2.45, 2.75) is 33.6 Å². The number of carbonyl (C=O) groups is 1. The molecule has 0 aromatic heterocycles. The Morgan fingerprint density at radius 1 is 1.39 bits per heavy atom. The van der Waals surface area contributed by atoms with Gasteiger partial charge in [-0.15, -0.1) is 24.0 Å². The zero-order chi connectivity index (χ0) is 16.5. The first-order chi connectivity index (χ1) is 10.4. The molecule has 7 heteroatoms. The summed E-state index contributed by atoms with van der Waals surface area (Å²) in [6.07, 6.45) is 1.31. The van der Waals surface area contributed by atoms with Crippen LogP contribution in [0.2, 0.25) is 5.02 Å². The summed E-state index contributed by atoms with van der Waals surface area (Å²) in [7, 11) is 0. The van der Waals surface area contributed by atoms with Crippen LogP contribution in [0.5, 0.6) is 0 Å². The largest absolute Gasteiger partial charge is 0.370 e. The van der Waals surface area contributed by atoms with E-state index in [-0.39, 0.29) is 29.9 Å². The lowest BCUT2D eigenvalue weighted by Gasteiger charge is -2.10. The fourth-order valence-electron chi connectivity index (χ4n) is 1.76. The Morgan fingerprint density at radius 2 is 2.09 bits per heavy atom. The SMILES string of the molecule is Cc1c(Cl)cccc1NC(=O)CCNC(N)=NCCC(C)C.I. The molecule has 0 aliphatic heterocycles. The van der Waals surface area contributed by atoms with Gasteiger partial charge in [-0.2, -0.15) is 0 Å². The standard InChI is InChI=1S/C16H25ClN4O.HI/c1-11(2)7-9-19-16(18)20-10-8-15(22)21-14-6-4-5-13(17)12(14)3;/h4-6,11H,7-10H2,1-3H3,(H,21,22)(H3,18,19,20);1H. The van der Waals surface area contributed by atoms with Crippen molar-refractivity contribution in [3.05, 3.63) is 28.8 Å². The van der Waals surface area contributed by atoms with E-state index in [1.165, 1.54) is 0 Å². The second-order valence-electron chi connectivity index (χ2n) is 5.59. The minimum atomic E-state index is -0.0900. The molecular formula is C16H26ClIN4O. The normalized spacial score (nSPS) is 11.1. The molecule has 1 rings (SSSR count). The van der Waals surface area contributed by atoms with Crippen LogP contribution >= 0.6 is 35.6 Å². The van der Waals surface area contributed by atoms with E-state index in [9.17, 15) is 4.79 Å². The Labute approximate surface area is 160 Å². The van der Waals surface area contributed by atoms with E-state index in [1.54, 1.807) is 6.07 Å². The Morgan fingerprint density at radius 3 is 2.74 bits per heavy atom. The molecule has 0 radical (unpaired) electrons. The van der Waals surface area contributed by atoms with Crippen LogP contribution in [0, 0.1) is 12.8 Å². The van der Waals surface area contributed by atoms with E-state index < -0.39 is 0 Å². The van der Waals surface area contributed by atoms with E-state index in [1.807, 2.05) is 19.1 Å². The molecule has 1 aromatic rings. The highest BCUT2D eigenvalue weighted by molar-refractivity contribution is 14.0. The molecule has 1 aromatic carbocycles. The third kappa shape index (κ3) is 9.00. The molecule has 0 aliphatic rings. The third-order valence-electron chi connectivity index (χ3n) is 3.19. The number of anilines is 1. The average molecular weight is 453 g/mol. The minimum absolute atomic E-state index is 0. The van der Waals surface area contributed by atoms with Crippen molar-refractivity contribution in [3.8, 4) is 0 Å². The van der Waals surface area contributed by atoms with Crippen molar-refractivity contribution in [1.82, 2.24) is 5.32 Å². The maximum absolute atomic E-state index is 11.9. The van der Waals surface area contributed by atoms with Gasteiger partial charge in [0.15, 0.2) is 5.96 Å². The van der Waals surface area contributed by atoms with Crippen LogP contribution in [-0.4, -0.2) is 25.0 Å². The number of nitrogens with one attached hydrogen (secondary N) is 2. The zero-order valence-corrected chi connectivity index (χ0v) is 16.9. The Kier molecular flexibility index (Phi) is 11.0. The quantitative estimate of drug-likeness (QED) is 0.336. The van der Waals surface area contributed by atoms with Gasteiger partial charge in [-0.25, -0.2) is 0 Å². The summed E-state index contributed by atoms with van der Waals surface area (Å²) in [6, 6.07) is 5.43. The lowest BCUT2D eigenvalue weighted by Crippen LogP contribution is -2.34. The molecule has 0 saturated carbocycles. The summed E-state index contributed by atoms with van der Waals surface area (Å²) in [4.78, 5) is 16.1. The lowest BCUT2D eigenvalue weighted by molar-refractivity contribution is -0.116. The van der Waals surface area contributed by atoms with Crippen LogP contribution in [0.15, 0.2) is 23.2 Å². The fraction of sp³-hybridized carbons (Fsp3) is 0.500. The van der Waals surface area contributed by atoms with Crippen LogP contribution in [0.1, 0.15) is 32.3 Å². The topological polar surface area (TPSA) is 79.5 Å². The summed E-state index contributed by atoms with van der Waals surface area (Å²) in [5.74, 6) is 0.892. The molecule has 1 amide bonds. The van der Waals surface area contributed by atoms with E-state index in [4.69, 9.17) is 17.3 Å². The van der Waals surface area contributed by atoms with Gasteiger partial charge in [-0.1, -0.05) is 31.5 Å². The summed E-state index contributed by atoms with van der Waals surface area (Å²) in [5.41, 5.74) is 7.33. The number of hydrogen-bond donors (Lipinski definition) is 3. The van der Waals surface area contributed by atoms with Crippen LogP contribution in [-0.2, 0) is 4.79 Å². The van der Waals surface area contributed by atoms with E-state index in [0.29, 0.717) is 36.4 Å². The smallest absolute Gasteiger partial charge is 0.226 e. The summed E-state index contributed by atoms with van der Waals surface area (Å²) >= 11 is 6.02. The number of amides is 1. The average Bonchev–Trinajstić information content (AvgIpc) is 2.43. The van der Waals surface area contributed by atoms with Gasteiger partial charge in [0.2, 0.25) is 5.91 Å². The van der Waals surface area contributed by atoms with Gasteiger partial charge >= 0.3 is 0 Å². The number of benzene rings is 1. The van der Waals surface area contributed by atoms with Crippen molar-refractivity contribution in [1.29, 1.82) is 0 Å². The molecule has 23 heavy (non-hydrogen) atoms. The predicted molar refractivity (Wildman–Crippen MR) is 109 cm³/mol. The molecular weight excluding hydrogens is 427 g/mol. The number of halogens is 2. The molecule has 130 valence electrons. The Bertz CT molecular complexity index is 535. The first kappa shape index (κ1) is 22.0. The first-order valence-corrected chi connectivity index (χ1v) is 7.86. The third-order valence-corrected chi connectivity index (χ3v) is 3.60. The zero-order valence-electron chi connectivity index (χ0n) is 13.9. The highest BCUT2D eigenvalue weighted by atomic mass is 127. The number of carbonyl (C=O) groups excluding carboxylic acids is 1. The molecule has 0 aliphatic carbocycles. The molecule has 0 saturated heterocycles. The number of rotatable bonds is 7. The monoisotopic (exact) mass is 452 g/mol. The molecule has 0 unspecified atom stereocenters. The van der Waals surface area contributed by atoms with Gasteiger partial charge in [0, 0.05) is 30.2 Å². The fourth-order valence-corrected chi connectivity index (χ4v) is 1.93. The van der Waals surface area contributed by atoms with Gasteiger partial charge in [-0.3, -0.25) is 9.79 Å². The summed E-state index contributed by atoms with van der Waals surface area (Å²) in [5, 5.41) is 6.42. The Balaban J connectivity index is 0.00000484. The number of nitrogens with two attached hydrogens (primary N) is 1. The van der Waals surface area contributed by atoms with E-state index in [2.05, 4.69) is 29.5 Å². The van der Waals surface area contributed by atoms with Crippen LogP contribution in [0.3, 0.4) is 0 Å². The molecule has 0 bridgehead atoms. The summed E-state index contributed by atoms with van der Waals surface area (Å²) < 4.78 is 0. The van der Waals surface area contributed by atoms with Crippen molar-refractivity contribution >= 4 is 53.1 Å². The molecule has 0 fully saturated rings. The Hall–Kier alpha value is -1.02. The second kappa shape index (κ2) is 11.5. The second-order valence-corrected chi connectivity index (χ2v) is 5.99. The number of aliphatic imine (C=N–C) groups is 1. The molecule has 0 spiro atoms. The van der Waals surface area contributed by atoms with Gasteiger partial charge < -0.3 is 16.4 Å². The van der Waals surface area contributed by atoms with Crippen LogP contribution < -0.4 is 16.4 Å². The van der Waals surface area contributed by atoms with Crippen molar-refractivity contribution in [2.75, 3.05) is 18.4 Å². The van der Waals surface area contributed by atoms with E-state index in [0.717, 1.165) is 17.7 Å². The number of nitrogens with zero attached hydrogens (tertiary/aromatic N) is 1. The molecule has 4 N–H and O–H groups in total. The number of guanidine groups is 1. The predicted octanol–water partition coefficient (Wildman–Crippen LogP) is 3.55. The van der Waals surface area contributed by atoms with E-state index >= 15 is 0 Å². The lowest BCUT2D eigenvalue weighted by atomic mass is 10.1. The van der Waals surface area contributed by atoms with Crippen LogP contribution in [0.25, 0.3) is 0 Å². The van der Waals surface area contributed by atoms with Gasteiger partial charge in [0.05, 0.1) is 0 Å². The molecule has 0 atom stereocenters. The summed E-state index contributed by atoms with van der Waals surface area (Å²) in [6.45, 7) is 7.30. The van der Waals surface area contributed by atoms with Crippen molar-refractivity contribution < 1.29 is 4.79 Å². The number of hydrogen-bond acceptors (Lipinski definition) is 2. The van der Waals surface area contributed by atoms with Gasteiger partial charge in [-0.05, 0) is 37.0 Å². The molecule has 5 nitrogen and oxygen atoms in total.